The number of aromatic nitrogens is 6. The molecular weight excluding hydrogens is 428 g/mol. The third kappa shape index (κ3) is 3.97. The van der Waals surface area contributed by atoms with Gasteiger partial charge >= 0.3 is 0 Å². The van der Waals surface area contributed by atoms with E-state index in [1.54, 1.807) is 18.7 Å². The molecule has 10 heteroatoms. The van der Waals surface area contributed by atoms with Crippen molar-refractivity contribution in [1.29, 1.82) is 0 Å². The van der Waals surface area contributed by atoms with E-state index in [1.165, 1.54) is 6.33 Å². The minimum absolute atomic E-state index is 0.0599. The summed E-state index contributed by atoms with van der Waals surface area (Å²) in [5.74, 6) is 0.282. The first-order valence-corrected chi connectivity index (χ1v) is 10.3. The van der Waals surface area contributed by atoms with Crippen LogP contribution in [0.2, 0.25) is 5.02 Å². The summed E-state index contributed by atoms with van der Waals surface area (Å²) < 4.78 is 1.90. The Morgan fingerprint density at radius 1 is 1.16 bits per heavy atom. The number of nitrogens with zero attached hydrogens (tertiary/aromatic N) is 5. The molecule has 0 bridgehead atoms. The Balaban J connectivity index is 1.37. The Morgan fingerprint density at radius 3 is 2.84 bits per heavy atom. The van der Waals surface area contributed by atoms with Gasteiger partial charge in [0, 0.05) is 28.5 Å². The van der Waals surface area contributed by atoms with Crippen LogP contribution >= 0.6 is 11.6 Å². The van der Waals surface area contributed by atoms with E-state index in [9.17, 15) is 4.79 Å². The molecule has 0 atom stereocenters. The van der Waals surface area contributed by atoms with Crippen LogP contribution in [0.4, 0.5) is 5.82 Å². The van der Waals surface area contributed by atoms with Gasteiger partial charge in [-0.05, 0) is 41.5 Å². The number of anilines is 1. The Bertz CT molecular complexity index is 1430. The second kappa shape index (κ2) is 8.27. The zero-order valence-corrected chi connectivity index (χ0v) is 17.7. The summed E-state index contributed by atoms with van der Waals surface area (Å²) in [5.41, 5.74) is 10.8. The van der Waals surface area contributed by atoms with Crippen molar-refractivity contribution in [1.82, 2.24) is 34.8 Å². The second-order valence-electron chi connectivity index (χ2n) is 7.44. The van der Waals surface area contributed by atoms with Gasteiger partial charge in [-0.3, -0.25) is 9.78 Å². The highest BCUT2D eigenvalue weighted by atomic mass is 35.5. The molecular formula is C22H19ClN8O. The molecule has 160 valence electrons. The van der Waals surface area contributed by atoms with E-state index in [2.05, 4.69) is 30.2 Å². The first kappa shape index (κ1) is 20.0. The maximum Gasteiger partial charge on any atom is 0.224 e. The topological polar surface area (TPSA) is 127 Å². The number of aromatic amines is 1. The van der Waals surface area contributed by atoms with Gasteiger partial charge in [-0.2, -0.15) is 0 Å². The molecule has 0 aliphatic rings. The lowest BCUT2D eigenvalue weighted by Gasteiger charge is -2.07. The van der Waals surface area contributed by atoms with Crippen molar-refractivity contribution in [3.8, 4) is 0 Å². The molecule has 5 aromatic rings. The number of amides is 1. The number of imidazole rings is 1. The van der Waals surface area contributed by atoms with Crippen LogP contribution in [-0.2, 0) is 24.3 Å². The average Bonchev–Trinajstić information content (AvgIpc) is 3.38. The highest BCUT2D eigenvalue weighted by Crippen LogP contribution is 2.26. The van der Waals surface area contributed by atoms with E-state index in [-0.39, 0.29) is 5.91 Å². The minimum Gasteiger partial charge on any atom is -0.382 e. The molecule has 0 aliphatic carbocycles. The molecule has 1 amide bonds. The molecule has 32 heavy (non-hydrogen) atoms. The van der Waals surface area contributed by atoms with Gasteiger partial charge in [0.2, 0.25) is 5.91 Å². The number of halogens is 1. The van der Waals surface area contributed by atoms with Crippen molar-refractivity contribution in [2.75, 3.05) is 5.73 Å². The predicted molar refractivity (Wildman–Crippen MR) is 122 cm³/mol. The van der Waals surface area contributed by atoms with Gasteiger partial charge in [-0.1, -0.05) is 11.6 Å². The van der Waals surface area contributed by atoms with Crippen molar-refractivity contribution in [3.63, 3.8) is 0 Å². The number of fused-ring (bicyclic) bond motifs is 2. The molecule has 4 heterocycles. The SMILES string of the molecule is Nc1ncnc2c1ncn2Cc1cc(Cl)cc2cc(CNC(=O)Cc3ccncc3)[nH]c12. The van der Waals surface area contributed by atoms with Crippen LogP contribution in [0, 0.1) is 0 Å². The number of pyridine rings is 1. The number of hydrogen-bond acceptors (Lipinski definition) is 6. The molecule has 0 saturated heterocycles. The zero-order chi connectivity index (χ0) is 22.1. The van der Waals surface area contributed by atoms with Crippen molar-refractivity contribution in [2.24, 2.45) is 0 Å². The quantitative estimate of drug-likeness (QED) is 0.368. The largest absolute Gasteiger partial charge is 0.382 e. The first-order valence-electron chi connectivity index (χ1n) is 9.94. The Hall–Kier alpha value is -3.98. The van der Waals surface area contributed by atoms with Gasteiger partial charge in [-0.15, -0.1) is 0 Å². The second-order valence-corrected chi connectivity index (χ2v) is 7.87. The van der Waals surface area contributed by atoms with E-state index in [4.69, 9.17) is 17.3 Å². The molecule has 1 aromatic carbocycles. The van der Waals surface area contributed by atoms with Crippen LogP contribution in [-0.4, -0.2) is 35.4 Å². The predicted octanol–water partition coefficient (Wildman–Crippen LogP) is 2.85. The molecule has 0 radical (unpaired) electrons. The highest BCUT2D eigenvalue weighted by Gasteiger charge is 2.13. The zero-order valence-electron chi connectivity index (χ0n) is 16.9. The third-order valence-electron chi connectivity index (χ3n) is 5.19. The lowest BCUT2D eigenvalue weighted by Crippen LogP contribution is -2.24. The van der Waals surface area contributed by atoms with E-state index in [0.29, 0.717) is 41.5 Å². The molecule has 0 unspecified atom stereocenters. The fraction of sp³-hybridized carbons (Fsp3) is 0.136. The Kier molecular flexibility index (Phi) is 5.16. The number of carbonyl (C=O) groups is 1. The number of rotatable bonds is 6. The normalized spacial score (nSPS) is 11.3. The maximum atomic E-state index is 12.3. The number of carbonyl (C=O) groups excluding carboxylic acids is 1. The number of nitrogens with two attached hydrogens (primary N) is 1. The van der Waals surface area contributed by atoms with Crippen molar-refractivity contribution < 1.29 is 4.79 Å². The molecule has 0 aliphatic heterocycles. The fourth-order valence-corrected chi connectivity index (χ4v) is 3.95. The smallest absolute Gasteiger partial charge is 0.224 e. The highest BCUT2D eigenvalue weighted by molar-refractivity contribution is 6.31. The molecule has 0 spiro atoms. The minimum atomic E-state index is -0.0599. The summed E-state index contributed by atoms with van der Waals surface area (Å²) in [6, 6.07) is 9.45. The van der Waals surface area contributed by atoms with E-state index >= 15 is 0 Å². The van der Waals surface area contributed by atoms with Crippen molar-refractivity contribution >= 4 is 45.4 Å². The summed E-state index contributed by atoms with van der Waals surface area (Å²) in [7, 11) is 0. The van der Waals surface area contributed by atoms with E-state index in [1.807, 2.05) is 34.9 Å². The summed E-state index contributed by atoms with van der Waals surface area (Å²) in [6.45, 7) is 0.881. The van der Waals surface area contributed by atoms with E-state index in [0.717, 1.165) is 27.7 Å². The summed E-state index contributed by atoms with van der Waals surface area (Å²) in [4.78, 5) is 32.3. The molecule has 0 fully saturated rings. The summed E-state index contributed by atoms with van der Waals surface area (Å²) >= 11 is 6.38. The van der Waals surface area contributed by atoms with Gasteiger partial charge in [0.25, 0.3) is 0 Å². The van der Waals surface area contributed by atoms with Gasteiger partial charge in [-0.25, -0.2) is 15.0 Å². The third-order valence-corrected chi connectivity index (χ3v) is 5.41. The van der Waals surface area contributed by atoms with Gasteiger partial charge in [0.15, 0.2) is 11.5 Å². The molecule has 5 rings (SSSR count). The monoisotopic (exact) mass is 446 g/mol. The number of nitrogen functional groups attached to an aromatic ring is 1. The summed E-state index contributed by atoms with van der Waals surface area (Å²) in [6.07, 6.45) is 6.76. The van der Waals surface area contributed by atoms with Crippen LogP contribution in [0.1, 0.15) is 16.8 Å². The molecule has 4 aromatic heterocycles. The standard InChI is InChI=1S/C22H19ClN8O/c23-16-6-14-8-17(9-26-18(32)5-13-1-3-25-4-2-13)30-19(14)15(7-16)10-31-12-29-20-21(24)27-11-28-22(20)31/h1-4,6-8,11-12,30H,5,9-10H2,(H,26,32)(H2,24,27,28). The maximum absolute atomic E-state index is 12.3. The van der Waals surface area contributed by atoms with Crippen LogP contribution in [0.15, 0.2) is 55.4 Å². The number of hydrogen-bond donors (Lipinski definition) is 3. The van der Waals surface area contributed by atoms with Gasteiger partial charge in [0.05, 0.1) is 31.4 Å². The van der Waals surface area contributed by atoms with Crippen LogP contribution in [0.25, 0.3) is 22.1 Å². The Morgan fingerprint density at radius 2 is 2.00 bits per heavy atom. The van der Waals surface area contributed by atoms with Crippen LogP contribution in [0.3, 0.4) is 0 Å². The van der Waals surface area contributed by atoms with Crippen LogP contribution in [0.5, 0.6) is 0 Å². The number of nitrogens with one attached hydrogen (secondary N) is 2. The van der Waals surface area contributed by atoms with Crippen molar-refractivity contribution in [2.45, 2.75) is 19.5 Å². The summed E-state index contributed by atoms with van der Waals surface area (Å²) in [5, 5.41) is 4.53. The molecule has 4 N–H and O–H groups in total. The van der Waals surface area contributed by atoms with Gasteiger partial charge < -0.3 is 20.6 Å². The fourth-order valence-electron chi connectivity index (χ4n) is 3.70. The average molecular weight is 447 g/mol. The molecule has 0 saturated carbocycles. The number of H-pyrrole nitrogens is 1. The van der Waals surface area contributed by atoms with Crippen molar-refractivity contribution in [3.05, 3.63) is 77.2 Å². The first-order chi connectivity index (χ1) is 15.6. The lowest BCUT2D eigenvalue weighted by atomic mass is 10.1. The lowest BCUT2D eigenvalue weighted by molar-refractivity contribution is -0.120. The van der Waals surface area contributed by atoms with Gasteiger partial charge in [0.1, 0.15) is 11.8 Å². The molecule has 9 nitrogen and oxygen atoms in total. The van der Waals surface area contributed by atoms with Crippen LogP contribution < -0.4 is 11.1 Å². The Labute approximate surface area is 187 Å². The van der Waals surface area contributed by atoms with E-state index < -0.39 is 0 Å². The number of benzene rings is 1.